The third-order valence-corrected chi connectivity index (χ3v) is 6.57. The van der Waals surface area contributed by atoms with Gasteiger partial charge in [-0.1, -0.05) is 17.3 Å². The molecule has 12 heteroatoms. The van der Waals surface area contributed by atoms with Crippen LogP contribution in [0.25, 0.3) is 11.3 Å². The summed E-state index contributed by atoms with van der Waals surface area (Å²) >= 11 is 0. The van der Waals surface area contributed by atoms with Gasteiger partial charge in [0.25, 0.3) is 11.5 Å². The number of carbonyl (C=O) groups excluding carboxylic acids is 1. The van der Waals surface area contributed by atoms with E-state index < -0.39 is 17.8 Å². The summed E-state index contributed by atoms with van der Waals surface area (Å²) in [6, 6.07) is 9.68. The summed E-state index contributed by atoms with van der Waals surface area (Å²) in [6.45, 7) is 1.85. The van der Waals surface area contributed by atoms with Crippen molar-refractivity contribution in [3.63, 3.8) is 0 Å². The van der Waals surface area contributed by atoms with Crippen molar-refractivity contribution < 1.29 is 31.6 Å². The number of alkyl halides is 3. The maximum atomic E-state index is 13.3. The number of rotatable bonds is 5. The van der Waals surface area contributed by atoms with E-state index >= 15 is 0 Å². The molecule has 198 valence electrons. The Labute approximate surface area is 213 Å². The SMILES string of the molecule is Cc1c(NC(=O)c2noc3c2CCCc2cc(OC(F)(F)F)ccc2-3)c(=O)n(Cc2ccc(F)cc2)n1C. The summed E-state index contributed by atoms with van der Waals surface area (Å²) in [5.74, 6) is -1.08. The van der Waals surface area contributed by atoms with Gasteiger partial charge in [0.1, 0.15) is 17.3 Å². The van der Waals surface area contributed by atoms with Crippen LogP contribution in [-0.2, 0) is 26.4 Å². The zero-order chi connectivity index (χ0) is 27.2. The number of nitrogens with zero attached hydrogens (tertiary/aromatic N) is 3. The van der Waals surface area contributed by atoms with Crippen molar-refractivity contribution in [2.45, 2.75) is 39.1 Å². The molecular formula is C26H22F4N4O4. The van der Waals surface area contributed by atoms with E-state index in [1.165, 1.54) is 35.0 Å². The zero-order valence-electron chi connectivity index (χ0n) is 20.4. The van der Waals surface area contributed by atoms with Gasteiger partial charge >= 0.3 is 6.36 Å². The Balaban J connectivity index is 1.42. The van der Waals surface area contributed by atoms with Crippen LogP contribution in [0.1, 0.15) is 39.3 Å². The fourth-order valence-electron chi connectivity index (χ4n) is 4.60. The van der Waals surface area contributed by atoms with Crippen LogP contribution in [0.4, 0.5) is 23.2 Å². The lowest BCUT2D eigenvalue weighted by molar-refractivity contribution is -0.274. The Hall–Kier alpha value is -4.35. The molecule has 1 N–H and O–H groups in total. The number of fused-ring (bicyclic) bond motifs is 3. The second-order valence-corrected chi connectivity index (χ2v) is 8.99. The minimum Gasteiger partial charge on any atom is -0.406 e. The van der Waals surface area contributed by atoms with Crippen molar-refractivity contribution in [2.75, 3.05) is 5.32 Å². The maximum Gasteiger partial charge on any atom is 0.573 e. The number of carbonyl (C=O) groups is 1. The second kappa shape index (κ2) is 9.51. The summed E-state index contributed by atoms with van der Waals surface area (Å²) < 4.78 is 63.7. The van der Waals surface area contributed by atoms with Crippen LogP contribution in [0.3, 0.4) is 0 Å². The standard InChI is InChI=1S/C26H22F4N4O4/c1-14-21(25(36)34(33(14)2)13-15-6-8-17(27)9-7-15)31-24(35)22-20-5-3-4-16-12-18(37-26(28,29)30)10-11-19(16)23(20)38-32-22/h6-12H,3-5,13H2,1-2H3,(H,31,35). The highest BCUT2D eigenvalue weighted by atomic mass is 19.4. The van der Waals surface area contributed by atoms with Gasteiger partial charge in [-0.05, 0) is 67.6 Å². The van der Waals surface area contributed by atoms with Gasteiger partial charge in [-0.15, -0.1) is 13.2 Å². The lowest BCUT2D eigenvalue weighted by Gasteiger charge is -2.11. The van der Waals surface area contributed by atoms with Gasteiger partial charge < -0.3 is 14.6 Å². The zero-order valence-corrected chi connectivity index (χ0v) is 20.4. The first kappa shape index (κ1) is 25.3. The van der Waals surface area contributed by atoms with Gasteiger partial charge in [0.2, 0.25) is 0 Å². The molecule has 0 atom stereocenters. The highest BCUT2D eigenvalue weighted by Crippen LogP contribution is 2.37. The van der Waals surface area contributed by atoms with Crippen LogP contribution in [0.5, 0.6) is 5.75 Å². The Kier molecular flexibility index (Phi) is 6.33. The molecule has 2 heterocycles. The Bertz CT molecular complexity index is 1580. The molecule has 1 aliphatic rings. The van der Waals surface area contributed by atoms with E-state index in [1.54, 1.807) is 30.8 Å². The number of hydrogen-bond acceptors (Lipinski definition) is 5. The van der Waals surface area contributed by atoms with Gasteiger partial charge in [0.05, 0.1) is 12.2 Å². The van der Waals surface area contributed by atoms with Gasteiger partial charge in [-0.2, -0.15) is 0 Å². The molecule has 0 fully saturated rings. The first-order valence-electron chi connectivity index (χ1n) is 11.7. The number of ether oxygens (including phenoxy) is 1. The number of aryl methyl sites for hydroxylation is 1. The number of amides is 1. The predicted molar refractivity (Wildman–Crippen MR) is 129 cm³/mol. The van der Waals surface area contributed by atoms with Crippen molar-refractivity contribution in [2.24, 2.45) is 7.05 Å². The van der Waals surface area contributed by atoms with Crippen molar-refractivity contribution in [1.29, 1.82) is 0 Å². The summed E-state index contributed by atoms with van der Waals surface area (Å²) in [5.41, 5.74) is 2.44. The van der Waals surface area contributed by atoms with Crippen molar-refractivity contribution >= 4 is 11.6 Å². The monoisotopic (exact) mass is 530 g/mol. The number of benzene rings is 2. The minimum absolute atomic E-state index is 0.00351. The van der Waals surface area contributed by atoms with Crippen molar-refractivity contribution in [3.05, 3.63) is 86.7 Å². The molecule has 4 aromatic rings. The van der Waals surface area contributed by atoms with Gasteiger partial charge in [0, 0.05) is 18.2 Å². The molecule has 0 saturated heterocycles. The lowest BCUT2D eigenvalue weighted by atomic mass is 10.0. The smallest absolute Gasteiger partial charge is 0.406 e. The fraction of sp³-hybridized carbons (Fsp3) is 0.269. The molecule has 5 rings (SSSR count). The number of hydrogen-bond donors (Lipinski definition) is 1. The molecule has 0 saturated carbocycles. The van der Waals surface area contributed by atoms with Crippen LogP contribution >= 0.6 is 0 Å². The largest absolute Gasteiger partial charge is 0.573 e. The van der Waals surface area contributed by atoms with Crippen LogP contribution in [0.2, 0.25) is 0 Å². The topological polar surface area (TPSA) is 91.3 Å². The van der Waals surface area contributed by atoms with Gasteiger partial charge in [-0.25, -0.2) is 9.07 Å². The number of halogens is 4. The van der Waals surface area contributed by atoms with Crippen LogP contribution in [0.15, 0.2) is 51.8 Å². The van der Waals surface area contributed by atoms with Crippen LogP contribution in [-0.4, -0.2) is 26.8 Å². The number of nitrogens with one attached hydrogen (secondary N) is 1. The molecule has 1 aliphatic carbocycles. The molecule has 2 aromatic carbocycles. The molecular weight excluding hydrogens is 508 g/mol. The van der Waals surface area contributed by atoms with Gasteiger partial charge in [-0.3, -0.25) is 14.3 Å². The molecule has 2 aromatic heterocycles. The Morgan fingerprint density at radius 1 is 1.16 bits per heavy atom. The first-order valence-corrected chi connectivity index (χ1v) is 11.7. The van der Waals surface area contributed by atoms with Crippen LogP contribution < -0.4 is 15.6 Å². The summed E-state index contributed by atoms with van der Waals surface area (Å²) in [4.78, 5) is 26.4. The third kappa shape index (κ3) is 4.81. The molecule has 0 unspecified atom stereocenters. The second-order valence-electron chi connectivity index (χ2n) is 8.99. The van der Waals surface area contributed by atoms with E-state index in [-0.39, 0.29) is 29.5 Å². The normalized spacial score (nSPS) is 13.0. The summed E-state index contributed by atoms with van der Waals surface area (Å²) in [6.07, 6.45) is -3.43. The third-order valence-electron chi connectivity index (χ3n) is 6.57. The van der Waals surface area contributed by atoms with E-state index in [0.29, 0.717) is 53.0 Å². The number of aromatic nitrogens is 3. The molecule has 8 nitrogen and oxygen atoms in total. The van der Waals surface area contributed by atoms with Crippen LogP contribution in [0, 0.1) is 12.7 Å². The predicted octanol–water partition coefficient (Wildman–Crippen LogP) is 4.98. The molecule has 38 heavy (non-hydrogen) atoms. The summed E-state index contributed by atoms with van der Waals surface area (Å²) in [5, 5.41) is 6.58. The number of anilines is 1. The highest BCUT2D eigenvalue weighted by Gasteiger charge is 2.32. The van der Waals surface area contributed by atoms with E-state index in [9.17, 15) is 27.2 Å². The molecule has 0 aliphatic heterocycles. The fourth-order valence-corrected chi connectivity index (χ4v) is 4.60. The Morgan fingerprint density at radius 3 is 2.61 bits per heavy atom. The maximum absolute atomic E-state index is 13.3. The Morgan fingerprint density at radius 2 is 1.89 bits per heavy atom. The van der Waals surface area contributed by atoms with E-state index in [2.05, 4.69) is 15.2 Å². The van der Waals surface area contributed by atoms with Gasteiger partial charge in [0.15, 0.2) is 11.5 Å². The van der Waals surface area contributed by atoms with E-state index in [0.717, 1.165) is 0 Å². The quantitative estimate of drug-likeness (QED) is 0.368. The average molecular weight is 530 g/mol. The van der Waals surface area contributed by atoms with E-state index in [1.807, 2.05) is 0 Å². The summed E-state index contributed by atoms with van der Waals surface area (Å²) in [7, 11) is 1.67. The molecule has 0 spiro atoms. The molecule has 0 bridgehead atoms. The lowest BCUT2D eigenvalue weighted by Crippen LogP contribution is -2.25. The molecule has 0 radical (unpaired) electrons. The molecule has 1 amide bonds. The minimum atomic E-state index is -4.81. The van der Waals surface area contributed by atoms with Crippen molar-refractivity contribution in [1.82, 2.24) is 14.5 Å². The van der Waals surface area contributed by atoms with Crippen molar-refractivity contribution in [3.8, 4) is 17.1 Å². The van der Waals surface area contributed by atoms with E-state index in [4.69, 9.17) is 4.52 Å². The highest BCUT2D eigenvalue weighted by molar-refractivity contribution is 6.05. The first-order chi connectivity index (χ1) is 18.0. The average Bonchev–Trinajstić information content (AvgIpc) is 3.28.